The number of piperazine rings is 1. The summed E-state index contributed by atoms with van der Waals surface area (Å²) < 4.78 is 7.87. The molecule has 0 bridgehead atoms. The monoisotopic (exact) mass is 314 g/mol. The minimum atomic E-state index is 0.709. The first-order valence-corrected chi connectivity index (χ1v) is 8.43. The largest absolute Gasteiger partial charge is 0.492 e. The average Bonchev–Trinajstić information content (AvgIpc) is 2.99. The van der Waals surface area contributed by atoms with Crippen LogP contribution in [-0.2, 0) is 13.5 Å². The number of imidazole rings is 1. The SMILES string of the molecule is CCOc1ccccc1N1CCN(CCc2nccn2C)CC1. The quantitative estimate of drug-likeness (QED) is 0.818. The van der Waals surface area contributed by atoms with Crippen LogP contribution < -0.4 is 9.64 Å². The molecule has 0 amide bonds. The van der Waals surface area contributed by atoms with E-state index >= 15 is 0 Å². The average molecular weight is 314 g/mol. The molecule has 0 radical (unpaired) electrons. The van der Waals surface area contributed by atoms with Crippen molar-refractivity contribution in [2.45, 2.75) is 13.3 Å². The fraction of sp³-hybridized carbons (Fsp3) is 0.500. The van der Waals surface area contributed by atoms with E-state index in [1.807, 2.05) is 25.4 Å². The molecule has 0 spiro atoms. The molecular weight excluding hydrogens is 288 g/mol. The maximum atomic E-state index is 5.76. The van der Waals surface area contributed by atoms with E-state index in [1.165, 1.54) is 5.69 Å². The molecule has 1 aliphatic heterocycles. The number of anilines is 1. The molecule has 0 atom stereocenters. The van der Waals surface area contributed by atoms with Crippen LogP contribution in [0.25, 0.3) is 0 Å². The van der Waals surface area contributed by atoms with E-state index < -0.39 is 0 Å². The lowest BCUT2D eigenvalue weighted by Crippen LogP contribution is -2.47. The predicted molar refractivity (Wildman–Crippen MR) is 93.2 cm³/mol. The molecule has 1 aliphatic rings. The Bertz CT molecular complexity index is 617. The molecule has 0 saturated carbocycles. The summed E-state index contributed by atoms with van der Waals surface area (Å²) in [5, 5.41) is 0. The van der Waals surface area contributed by atoms with E-state index in [4.69, 9.17) is 4.74 Å². The number of hydrogen-bond donors (Lipinski definition) is 0. The van der Waals surface area contributed by atoms with E-state index in [-0.39, 0.29) is 0 Å². The number of para-hydroxylation sites is 2. The van der Waals surface area contributed by atoms with E-state index in [0.29, 0.717) is 6.61 Å². The Hall–Kier alpha value is -2.01. The molecule has 0 unspecified atom stereocenters. The van der Waals surface area contributed by atoms with Crippen molar-refractivity contribution in [3.63, 3.8) is 0 Å². The lowest BCUT2D eigenvalue weighted by Gasteiger charge is -2.36. The van der Waals surface area contributed by atoms with Gasteiger partial charge in [-0.3, -0.25) is 4.90 Å². The van der Waals surface area contributed by atoms with Crippen LogP contribution in [0.5, 0.6) is 5.75 Å². The van der Waals surface area contributed by atoms with E-state index in [9.17, 15) is 0 Å². The second-order valence-corrected chi connectivity index (χ2v) is 5.93. The normalized spacial score (nSPS) is 15.8. The number of ether oxygens (including phenoxy) is 1. The number of aromatic nitrogens is 2. The minimum Gasteiger partial charge on any atom is -0.492 e. The third-order valence-electron chi connectivity index (χ3n) is 4.45. The third-order valence-corrected chi connectivity index (χ3v) is 4.45. The molecule has 1 aromatic heterocycles. The highest BCUT2D eigenvalue weighted by molar-refractivity contribution is 5.58. The zero-order valence-corrected chi connectivity index (χ0v) is 14.1. The summed E-state index contributed by atoms with van der Waals surface area (Å²) in [6.45, 7) is 8.09. The predicted octanol–water partition coefficient (Wildman–Crippen LogP) is 2.18. The van der Waals surface area contributed by atoms with Gasteiger partial charge in [0.25, 0.3) is 0 Å². The molecule has 1 aromatic carbocycles. The van der Waals surface area contributed by atoms with E-state index in [0.717, 1.165) is 50.7 Å². The Morgan fingerprint density at radius 3 is 2.61 bits per heavy atom. The van der Waals surface area contributed by atoms with Crippen LogP contribution >= 0.6 is 0 Å². The maximum Gasteiger partial charge on any atom is 0.142 e. The van der Waals surface area contributed by atoms with Crippen LogP contribution in [0.15, 0.2) is 36.7 Å². The topological polar surface area (TPSA) is 33.5 Å². The van der Waals surface area contributed by atoms with Gasteiger partial charge in [0.1, 0.15) is 11.6 Å². The zero-order chi connectivity index (χ0) is 16.1. The summed E-state index contributed by atoms with van der Waals surface area (Å²) >= 11 is 0. The van der Waals surface area contributed by atoms with Gasteiger partial charge < -0.3 is 14.2 Å². The van der Waals surface area contributed by atoms with Gasteiger partial charge in [-0.25, -0.2) is 4.98 Å². The highest BCUT2D eigenvalue weighted by Gasteiger charge is 2.19. The Morgan fingerprint density at radius 2 is 1.91 bits per heavy atom. The van der Waals surface area contributed by atoms with E-state index in [2.05, 4.69) is 44.6 Å². The summed E-state index contributed by atoms with van der Waals surface area (Å²) in [5.74, 6) is 2.16. The first kappa shape index (κ1) is 15.9. The second-order valence-electron chi connectivity index (χ2n) is 5.93. The summed E-state index contributed by atoms with van der Waals surface area (Å²) in [6.07, 6.45) is 4.90. The van der Waals surface area contributed by atoms with Gasteiger partial charge in [0, 0.05) is 58.6 Å². The zero-order valence-electron chi connectivity index (χ0n) is 14.1. The molecule has 124 valence electrons. The van der Waals surface area contributed by atoms with Gasteiger partial charge in [0.2, 0.25) is 0 Å². The van der Waals surface area contributed by atoms with Crippen molar-refractivity contribution in [2.75, 3.05) is 44.2 Å². The van der Waals surface area contributed by atoms with Gasteiger partial charge in [0.15, 0.2) is 0 Å². The molecule has 23 heavy (non-hydrogen) atoms. The molecule has 2 aromatic rings. The van der Waals surface area contributed by atoms with Crippen molar-refractivity contribution in [3.8, 4) is 5.75 Å². The third kappa shape index (κ3) is 3.85. The number of benzene rings is 1. The molecule has 1 fully saturated rings. The first-order valence-electron chi connectivity index (χ1n) is 8.43. The van der Waals surface area contributed by atoms with Gasteiger partial charge in [-0.1, -0.05) is 12.1 Å². The van der Waals surface area contributed by atoms with Crippen molar-refractivity contribution in [1.82, 2.24) is 14.5 Å². The molecule has 2 heterocycles. The molecule has 1 saturated heterocycles. The van der Waals surface area contributed by atoms with Crippen LogP contribution in [0.3, 0.4) is 0 Å². The van der Waals surface area contributed by atoms with Gasteiger partial charge in [-0.05, 0) is 19.1 Å². The summed E-state index contributed by atoms with van der Waals surface area (Å²) in [4.78, 5) is 9.36. The Kier molecular flexibility index (Phi) is 5.18. The summed E-state index contributed by atoms with van der Waals surface area (Å²) in [6, 6.07) is 8.35. The minimum absolute atomic E-state index is 0.709. The number of aryl methyl sites for hydroxylation is 1. The molecule has 3 rings (SSSR count). The highest BCUT2D eigenvalue weighted by atomic mass is 16.5. The van der Waals surface area contributed by atoms with Crippen LogP contribution in [0.1, 0.15) is 12.7 Å². The molecular formula is C18H26N4O. The lowest BCUT2D eigenvalue weighted by atomic mass is 10.2. The molecule has 0 N–H and O–H groups in total. The fourth-order valence-electron chi connectivity index (χ4n) is 3.10. The van der Waals surface area contributed by atoms with Crippen LogP contribution in [0.2, 0.25) is 0 Å². The van der Waals surface area contributed by atoms with Crippen molar-refractivity contribution in [3.05, 3.63) is 42.5 Å². The fourth-order valence-corrected chi connectivity index (χ4v) is 3.10. The summed E-state index contributed by atoms with van der Waals surface area (Å²) in [5.41, 5.74) is 1.22. The first-order chi connectivity index (χ1) is 11.3. The van der Waals surface area contributed by atoms with Crippen molar-refractivity contribution in [1.29, 1.82) is 0 Å². The number of hydrogen-bond acceptors (Lipinski definition) is 4. The Labute approximate surface area is 138 Å². The Balaban J connectivity index is 1.53. The van der Waals surface area contributed by atoms with Crippen LogP contribution in [0.4, 0.5) is 5.69 Å². The maximum absolute atomic E-state index is 5.76. The summed E-state index contributed by atoms with van der Waals surface area (Å²) in [7, 11) is 2.06. The van der Waals surface area contributed by atoms with E-state index in [1.54, 1.807) is 0 Å². The van der Waals surface area contributed by atoms with Crippen LogP contribution in [0, 0.1) is 0 Å². The van der Waals surface area contributed by atoms with Gasteiger partial charge in [0.05, 0.1) is 12.3 Å². The Morgan fingerprint density at radius 1 is 1.13 bits per heavy atom. The van der Waals surface area contributed by atoms with Crippen molar-refractivity contribution >= 4 is 5.69 Å². The smallest absolute Gasteiger partial charge is 0.142 e. The van der Waals surface area contributed by atoms with Gasteiger partial charge >= 0.3 is 0 Å². The lowest BCUT2D eigenvalue weighted by molar-refractivity contribution is 0.257. The standard InChI is InChI=1S/C18H26N4O/c1-3-23-17-7-5-4-6-16(17)22-14-12-21(13-15-22)10-8-18-19-9-11-20(18)2/h4-7,9,11H,3,8,10,12-15H2,1-2H3. The second kappa shape index (κ2) is 7.51. The van der Waals surface area contributed by atoms with Crippen molar-refractivity contribution in [2.24, 2.45) is 7.05 Å². The highest BCUT2D eigenvalue weighted by Crippen LogP contribution is 2.28. The van der Waals surface area contributed by atoms with Gasteiger partial charge in [-0.15, -0.1) is 0 Å². The molecule has 5 nitrogen and oxygen atoms in total. The molecule has 5 heteroatoms. The number of rotatable bonds is 6. The van der Waals surface area contributed by atoms with Crippen molar-refractivity contribution < 1.29 is 4.74 Å². The van der Waals surface area contributed by atoms with Crippen LogP contribution in [-0.4, -0.2) is 53.8 Å². The van der Waals surface area contributed by atoms with Gasteiger partial charge in [-0.2, -0.15) is 0 Å². The molecule has 0 aliphatic carbocycles. The number of nitrogens with zero attached hydrogens (tertiary/aromatic N) is 4.